The van der Waals surface area contributed by atoms with Crippen LogP contribution in [-0.4, -0.2) is 37.4 Å². The maximum atomic E-state index is 12.4. The van der Waals surface area contributed by atoms with Gasteiger partial charge in [0.05, 0.1) is 6.42 Å². The van der Waals surface area contributed by atoms with Crippen LogP contribution in [0.5, 0.6) is 0 Å². The Morgan fingerprint density at radius 3 is 2.62 bits per heavy atom. The predicted molar refractivity (Wildman–Crippen MR) is 95.3 cm³/mol. The molecule has 0 saturated heterocycles. The summed E-state index contributed by atoms with van der Waals surface area (Å²) in [6, 6.07) is 6.45. The van der Waals surface area contributed by atoms with Crippen molar-refractivity contribution in [3.63, 3.8) is 0 Å². The average molecular weight is 373 g/mol. The molecule has 0 saturated carbocycles. The van der Waals surface area contributed by atoms with Crippen molar-refractivity contribution >= 4 is 29.1 Å². The van der Waals surface area contributed by atoms with Crippen LogP contribution in [0.25, 0.3) is 5.78 Å². The van der Waals surface area contributed by atoms with Crippen molar-refractivity contribution in [1.82, 2.24) is 19.6 Å². The minimum Gasteiger partial charge on any atom is -0.454 e. The van der Waals surface area contributed by atoms with Crippen molar-refractivity contribution in [3.05, 3.63) is 58.1 Å². The molecule has 0 radical (unpaired) electrons. The maximum absolute atomic E-state index is 12.4. The van der Waals surface area contributed by atoms with Gasteiger partial charge in [0.1, 0.15) is 6.33 Å². The summed E-state index contributed by atoms with van der Waals surface area (Å²) in [5.74, 6) is -0.316. The van der Waals surface area contributed by atoms with Gasteiger partial charge in [-0.15, -0.1) is 0 Å². The molecule has 0 spiro atoms. The van der Waals surface area contributed by atoms with E-state index in [4.69, 9.17) is 16.3 Å². The number of aryl methyl sites for hydroxylation is 2. The molecule has 0 amide bonds. The van der Waals surface area contributed by atoms with E-state index in [2.05, 4.69) is 15.1 Å². The van der Waals surface area contributed by atoms with E-state index in [0.29, 0.717) is 27.6 Å². The Morgan fingerprint density at radius 1 is 1.23 bits per heavy atom. The van der Waals surface area contributed by atoms with Gasteiger partial charge in [-0.1, -0.05) is 11.6 Å². The van der Waals surface area contributed by atoms with Gasteiger partial charge in [0.25, 0.3) is 5.78 Å². The van der Waals surface area contributed by atoms with Crippen molar-refractivity contribution in [3.8, 4) is 0 Å². The van der Waals surface area contributed by atoms with E-state index < -0.39 is 12.1 Å². The summed E-state index contributed by atoms with van der Waals surface area (Å²) in [5, 5.41) is 4.62. The molecular formula is C18H17ClN4O3. The van der Waals surface area contributed by atoms with Crippen LogP contribution in [0.1, 0.15) is 34.2 Å². The molecule has 0 unspecified atom stereocenters. The predicted octanol–water partition coefficient (Wildman–Crippen LogP) is 2.75. The van der Waals surface area contributed by atoms with Crippen LogP contribution in [0, 0.1) is 13.8 Å². The van der Waals surface area contributed by atoms with E-state index in [0.717, 1.165) is 5.69 Å². The highest BCUT2D eigenvalue weighted by molar-refractivity contribution is 6.30. The van der Waals surface area contributed by atoms with Gasteiger partial charge in [-0.25, -0.2) is 9.50 Å². The number of nitrogens with zero attached hydrogens (tertiary/aromatic N) is 4. The van der Waals surface area contributed by atoms with E-state index in [9.17, 15) is 9.59 Å². The van der Waals surface area contributed by atoms with Crippen LogP contribution >= 0.6 is 11.6 Å². The lowest BCUT2D eigenvalue weighted by molar-refractivity contribution is -0.145. The number of benzene rings is 1. The number of fused-ring (bicyclic) bond motifs is 1. The molecule has 1 atom stereocenters. The Balaban J connectivity index is 1.72. The number of esters is 1. The van der Waals surface area contributed by atoms with Gasteiger partial charge >= 0.3 is 5.97 Å². The first kappa shape index (κ1) is 18.0. The summed E-state index contributed by atoms with van der Waals surface area (Å²) in [4.78, 5) is 33.0. The first-order valence-electron chi connectivity index (χ1n) is 8.02. The number of rotatable bonds is 5. The van der Waals surface area contributed by atoms with Gasteiger partial charge in [0.15, 0.2) is 6.10 Å². The molecule has 8 heteroatoms. The highest BCUT2D eigenvalue weighted by Crippen LogP contribution is 2.16. The lowest BCUT2D eigenvalue weighted by Gasteiger charge is -2.14. The number of carbonyl (C=O) groups is 2. The molecule has 0 aliphatic carbocycles. The van der Waals surface area contributed by atoms with Crippen molar-refractivity contribution in [2.75, 3.05) is 0 Å². The molecule has 3 aromatic rings. The largest absolute Gasteiger partial charge is 0.454 e. The van der Waals surface area contributed by atoms with Crippen molar-refractivity contribution < 1.29 is 14.3 Å². The number of aromatic nitrogens is 4. The zero-order valence-electron chi connectivity index (χ0n) is 14.6. The van der Waals surface area contributed by atoms with Gasteiger partial charge in [-0.3, -0.25) is 9.59 Å². The van der Waals surface area contributed by atoms with Crippen LogP contribution in [-0.2, 0) is 16.0 Å². The highest BCUT2D eigenvalue weighted by Gasteiger charge is 2.21. The van der Waals surface area contributed by atoms with Crippen LogP contribution in [0.4, 0.5) is 0 Å². The fraction of sp³-hybridized carbons (Fsp3) is 0.278. The summed E-state index contributed by atoms with van der Waals surface area (Å²) in [6.45, 7) is 5.18. The molecule has 134 valence electrons. The molecule has 0 fully saturated rings. The molecule has 0 aliphatic heterocycles. The SMILES string of the molecule is Cc1nc2ncnn2c(C)c1CC(=O)O[C@@H](C)C(=O)c1ccc(Cl)cc1. The molecule has 2 heterocycles. The van der Waals surface area contributed by atoms with E-state index in [1.54, 1.807) is 42.6 Å². The van der Waals surface area contributed by atoms with E-state index in [1.807, 2.05) is 6.92 Å². The van der Waals surface area contributed by atoms with E-state index >= 15 is 0 Å². The molecule has 0 bridgehead atoms. The number of ketones is 1. The molecule has 7 nitrogen and oxygen atoms in total. The number of ether oxygens (including phenoxy) is 1. The Labute approximate surface area is 155 Å². The molecular weight excluding hydrogens is 356 g/mol. The minimum atomic E-state index is -0.896. The van der Waals surface area contributed by atoms with E-state index in [1.165, 1.54) is 6.33 Å². The topological polar surface area (TPSA) is 86.4 Å². The minimum absolute atomic E-state index is 0.00129. The van der Waals surface area contributed by atoms with Gasteiger partial charge in [-0.05, 0) is 45.0 Å². The lowest BCUT2D eigenvalue weighted by atomic mass is 10.1. The monoisotopic (exact) mass is 372 g/mol. The fourth-order valence-electron chi connectivity index (χ4n) is 2.70. The van der Waals surface area contributed by atoms with E-state index in [-0.39, 0.29) is 12.2 Å². The normalized spacial score (nSPS) is 12.2. The first-order chi connectivity index (χ1) is 12.4. The van der Waals surface area contributed by atoms with Crippen molar-refractivity contribution in [1.29, 1.82) is 0 Å². The molecule has 0 N–H and O–H groups in total. The number of hydrogen-bond acceptors (Lipinski definition) is 6. The molecule has 0 aliphatic rings. The third-order valence-electron chi connectivity index (χ3n) is 4.12. The summed E-state index contributed by atoms with van der Waals surface area (Å²) < 4.78 is 6.88. The Hall–Kier alpha value is -2.80. The second-order valence-electron chi connectivity index (χ2n) is 5.91. The zero-order valence-corrected chi connectivity index (χ0v) is 15.3. The summed E-state index contributed by atoms with van der Waals surface area (Å²) in [7, 11) is 0. The Bertz CT molecular complexity index is 982. The van der Waals surface area contributed by atoms with Crippen molar-refractivity contribution in [2.24, 2.45) is 0 Å². The third-order valence-corrected chi connectivity index (χ3v) is 4.37. The average Bonchev–Trinajstić information content (AvgIpc) is 3.07. The number of carbonyl (C=O) groups excluding carboxylic acids is 2. The third kappa shape index (κ3) is 3.57. The molecule has 3 rings (SSSR count). The zero-order chi connectivity index (χ0) is 18.8. The standard InChI is InChI=1S/C18H17ClN4O3/c1-10-15(11(2)23-18(22-10)20-9-21-23)8-16(24)26-12(3)17(25)13-4-6-14(19)7-5-13/h4-7,9,12H,8H2,1-3H3/t12-/m0/s1. The van der Waals surface area contributed by atoms with Crippen molar-refractivity contribution in [2.45, 2.75) is 33.3 Å². The molecule has 1 aromatic carbocycles. The lowest BCUT2D eigenvalue weighted by Crippen LogP contribution is -2.25. The Kier molecular flexibility index (Phi) is 4.99. The highest BCUT2D eigenvalue weighted by atomic mass is 35.5. The molecule has 2 aromatic heterocycles. The number of halogens is 1. The van der Waals surface area contributed by atoms with Crippen LogP contribution < -0.4 is 0 Å². The quantitative estimate of drug-likeness (QED) is 0.505. The summed E-state index contributed by atoms with van der Waals surface area (Å²) in [6.07, 6.45) is 0.509. The smallest absolute Gasteiger partial charge is 0.311 e. The first-order valence-corrected chi connectivity index (χ1v) is 8.39. The van der Waals surface area contributed by atoms with Crippen LogP contribution in [0.3, 0.4) is 0 Å². The fourth-order valence-corrected chi connectivity index (χ4v) is 2.82. The number of Topliss-reactive ketones (excluding diaryl/α,β-unsaturated/α-hetero) is 1. The van der Waals surface area contributed by atoms with Gasteiger partial charge in [-0.2, -0.15) is 10.1 Å². The second kappa shape index (κ2) is 7.21. The Morgan fingerprint density at radius 2 is 1.92 bits per heavy atom. The maximum Gasteiger partial charge on any atom is 0.311 e. The molecule has 26 heavy (non-hydrogen) atoms. The van der Waals surface area contributed by atoms with Crippen LogP contribution in [0.2, 0.25) is 5.02 Å². The number of hydrogen-bond donors (Lipinski definition) is 0. The van der Waals surface area contributed by atoms with Crippen LogP contribution in [0.15, 0.2) is 30.6 Å². The summed E-state index contributed by atoms with van der Waals surface area (Å²) in [5.41, 5.74) is 2.59. The summed E-state index contributed by atoms with van der Waals surface area (Å²) >= 11 is 5.82. The second-order valence-corrected chi connectivity index (χ2v) is 6.35. The van der Waals surface area contributed by atoms with Gasteiger partial charge in [0, 0.05) is 27.5 Å². The van der Waals surface area contributed by atoms with Gasteiger partial charge in [0.2, 0.25) is 5.78 Å². The van der Waals surface area contributed by atoms with Gasteiger partial charge < -0.3 is 4.74 Å².